The molecule has 2 aliphatic heterocycles. The summed E-state index contributed by atoms with van der Waals surface area (Å²) in [5, 5.41) is 2.88. The number of aromatic nitrogens is 1. The summed E-state index contributed by atoms with van der Waals surface area (Å²) in [6.45, 7) is 5.32. The molecule has 21 heavy (non-hydrogen) atoms. The van der Waals surface area contributed by atoms with Gasteiger partial charge in [-0.1, -0.05) is 0 Å². The fourth-order valence-electron chi connectivity index (χ4n) is 3.45. The average molecular weight is 290 g/mol. The van der Waals surface area contributed by atoms with E-state index in [2.05, 4.69) is 5.32 Å². The molecule has 0 spiro atoms. The molecule has 0 aliphatic carbocycles. The van der Waals surface area contributed by atoms with Crippen LogP contribution in [0.1, 0.15) is 43.2 Å². The molecule has 1 aromatic rings. The van der Waals surface area contributed by atoms with Crippen LogP contribution in [0.2, 0.25) is 0 Å². The molecule has 6 heteroatoms. The van der Waals surface area contributed by atoms with Crippen LogP contribution in [0.5, 0.6) is 0 Å². The monoisotopic (exact) mass is 290 g/mol. The van der Waals surface area contributed by atoms with Crippen LogP contribution in [-0.2, 0) is 4.79 Å². The molecule has 6 nitrogen and oxygen atoms in total. The van der Waals surface area contributed by atoms with E-state index in [1.54, 1.807) is 12.3 Å². The summed E-state index contributed by atoms with van der Waals surface area (Å²) in [6, 6.07) is 1.89. The fourth-order valence-corrected chi connectivity index (χ4v) is 3.45. The van der Waals surface area contributed by atoms with Crippen molar-refractivity contribution in [3.8, 4) is 0 Å². The van der Waals surface area contributed by atoms with Gasteiger partial charge in [0.2, 0.25) is 5.91 Å². The molecule has 0 saturated carbocycles. The van der Waals surface area contributed by atoms with E-state index in [4.69, 9.17) is 5.73 Å². The minimum Gasteiger partial charge on any atom is -0.397 e. The van der Waals surface area contributed by atoms with E-state index in [-0.39, 0.29) is 29.8 Å². The molecule has 2 amide bonds. The maximum atomic E-state index is 12.9. The Morgan fingerprint density at radius 3 is 2.95 bits per heavy atom. The number of carbonyl (C=O) groups is 2. The maximum absolute atomic E-state index is 12.9. The Kier molecular flexibility index (Phi) is 3.39. The first-order valence-corrected chi connectivity index (χ1v) is 7.55. The third kappa shape index (κ3) is 2.28. The highest BCUT2D eigenvalue weighted by atomic mass is 16.2. The highest BCUT2D eigenvalue weighted by Gasteiger charge is 2.43. The first-order chi connectivity index (χ1) is 9.99. The molecule has 0 bridgehead atoms. The molecule has 2 saturated heterocycles. The molecule has 3 N–H and O–H groups in total. The molecule has 2 fully saturated rings. The molecule has 2 unspecified atom stereocenters. The zero-order valence-corrected chi connectivity index (χ0v) is 12.5. The lowest BCUT2D eigenvalue weighted by atomic mass is 9.91. The van der Waals surface area contributed by atoms with E-state index in [1.165, 1.54) is 0 Å². The molecule has 0 aromatic carbocycles. The van der Waals surface area contributed by atoms with Crippen molar-refractivity contribution >= 4 is 17.5 Å². The first kappa shape index (κ1) is 14.0. The van der Waals surface area contributed by atoms with Gasteiger partial charge < -0.3 is 20.5 Å². The van der Waals surface area contributed by atoms with Crippen LogP contribution in [0, 0.1) is 5.92 Å². The number of piperidine rings is 1. The Labute approximate surface area is 124 Å². The number of nitrogen functional groups attached to an aromatic ring is 1. The summed E-state index contributed by atoms with van der Waals surface area (Å²) in [5.41, 5.74) is 7.07. The molecule has 0 radical (unpaired) electrons. The van der Waals surface area contributed by atoms with Gasteiger partial charge in [-0.3, -0.25) is 9.59 Å². The predicted molar refractivity (Wildman–Crippen MR) is 79.8 cm³/mol. The van der Waals surface area contributed by atoms with Crippen LogP contribution in [0.4, 0.5) is 5.69 Å². The predicted octanol–water partition coefficient (Wildman–Crippen LogP) is 1.00. The molecule has 2 atom stereocenters. The lowest BCUT2D eigenvalue weighted by Crippen LogP contribution is -2.49. The van der Waals surface area contributed by atoms with E-state index >= 15 is 0 Å². The van der Waals surface area contributed by atoms with Crippen molar-refractivity contribution in [2.24, 2.45) is 5.92 Å². The summed E-state index contributed by atoms with van der Waals surface area (Å²) in [4.78, 5) is 26.6. The van der Waals surface area contributed by atoms with Crippen LogP contribution < -0.4 is 11.1 Å². The average Bonchev–Trinajstić information content (AvgIpc) is 3.02. The van der Waals surface area contributed by atoms with Gasteiger partial charge in [-0.25, -0.2) is 0 Å². The van der Waals surface area contributed by atoms with E-state index < -0.39 is 0 Å². The number of nitrogens with zero attached hydrogens (tertiary/aromatic N) is 2. The third-order valence-electron chi connectivity index (χ3n) is 4.51. The van der Waals surface area contributed by atoms with Gasteiger partial charge in [0.25, 0.3) is 5.91 Å². The van der Waals surface area contributed by atoms with Crippen molar-refractivity contribution in [2.75, 3.05) is 18.8 Å². The second-order valence-electron chi connectivity index (χ2n) is 6.22. The van der Waals surface area contributed by atoms with Gasteiger partial charge in [0.05, 0.1) is 17.6 Å². The van der Waals surface area contributed by atoms with Crippen molar-refractivity contribution in [3.63, 3.8) is 0 Å². The van der Waals surface area contributed by atoms with E-state index in [9.17, 15) is 9.59 Å². The molecule has 114 valence electrons. The maximum Gasteiger partial charge on any atom is 0.270 e. The Morgan fingerprint density at radius 1 is 1.48 bits per heavy atom. The quantitative estimate of drug-likeness (QED) is 0.852. The second-order valence-corrected chi connectivity index (χ2v) is 6.22. The summed E-state index contributed by atoms with van der Waals surface area (Å²) >= 11 is 0. The van der Waals surface area contributed by atoms with Gasteiger partial charge >= 0.3 is 0 Å². The van der Waals surface area contributed by atoms with Gasteiger partial charge in [0.1, 0.15) is 5.69 Å². The summed E-state index contributed by atoms with van der Waals surface area (Å²) < 4.78 is 1.91. The number of hydrogen-bond acceptors (Lipinski definition) is 3. The summed E-state index contributed by atoms with van der Waals surface area (Å²) in [5.74, 6) is 0.00497. The standard InChI is InChI=1S/C15H22N4O2/c1-9(2)19-8-10(16)6-12(19)15(21)18-5-3-4-11-13(18)7-17-14(11)20/h6,8-9,11,13H,3-5,7,16H2,1-2H3,(H,17,20). The number of likely N-dealkylation sites (tertiary alicyclic amines) is 1. The Morgan fingerprint density at radius 2 is 2.24 bits per heavy atom. The minimum atomic E-state index is -0.0532. The van der Waals surface area contributed by atoms with Crippen LogP contribution in [-0.4, -0.2) is 40.4 Å². The second kappa shape index (κ2) is 5.09. The van der Waals surface area contributed by atoms with Crippen molar-refractivity contribution in [2.45, 2.75) is 38.8 Å². The Balaban J connectivity index is 1.90. The molecule has 2 aliphatic rings. The van der Waals surface area contributed by atoms with Gasteiger partial charge in [-0.15, -0.1) is 0 Å². The third-order valence-corrected chi connectivity index (χ3v) is 4.51. The Bertz CT molecular complexity index is 578. The zero-order chi connectivity index (χ0) is 15.1. The van der Waals surface area contributed by atoms with Crippen LogP contribution in [0.25, 0.3) is 0 Å². The zero-order valence-electron chi connectivity index (χ0n) is 12.5. The van der Waals surface area contributed by atoms with Crippen molar-refractivity contribution in [3.05, 3.63) is 18.0 Å². The number of hydrogen-bond donors (Lipinski definition) is 2. The van der Waals surface area contributed by atoms with Crippen molar-refractivity contribution in [1.29, 1.82) is 0 Å². The molecule has 3 rings (SSSR count). The Hall–Kier alpha value is -1.98. The van der Waals surface area contributed by atoms with Gasteiger partial charge in [-0.05, 0) is 32.8 Å². The lowest BCUT2D eigenvalue weighted by molar-refractivity contribution is -0.123. The van der Waals surface area contributed by atoms with Gasteiger partial charge in [-0.2, -0.15) is 0 Å². The smallest absolute Gasteiger partial charge is 0.270 e. The van der Waals surface area contributed by atoms with Crippen molar-refractivity contribution in [1.82, 2.24) is 14.8 Å². The van der Waals surface area contributed by atoms with Gasteiger partial charge in [0.15, 0.2) is 0 Å². The highest BCUT2D eigenvalue weighted by Crippen LogP contribution is 2.29. The highest BCUT2D eigenvalue weighted by molar-refractivity contribution is 5.95. The molecule has 3 heterocycles. The largest absolute Gasteiger partial charge is 0.397 e. The van der Waals surface area contributed by atoms with E-state index in [1.807, 2.05) is 23.3 Å². The topological polar surface area (TPSA) is 80.4 Å². The summed E-state index contributed by atoms with van der Waals surface area (Å²) in [7, 11) is 0. The van der Waals surface area contributed by atoms with E-state index in [0.717, 1.165) is 12.8 Å². The van der Waals surface area contributed by atoms with Crippen molar-refractivity contribution < 1.29 is 9.59 Å². The SMILES string of the molecule is CC(C)n1cc(N)cc1C(=O)N1CCCC2C(=O)NCC21. The fraction of sp³-hybridized carbons (Fsp3) is 0.600. The number of amides is 2. The number of carbonyl (C=O) groups excluding carboxylic acids is 2. The van der Waals surface area contributed by atoms with Gasteiger partial charge in [0, 0.05) is 25.3 Å². The number of nitrogens with two attached hydrogens (primary N) is 1. The number of anilines is 1. The number of rotatable bonds is 2. The van der Waals surface area contributed by atoms with E-state index in [0.29, 0.717) is 24.5 Å². The first-order valence-electron chi connectivity index (χ1n) is 7.55. The number of fused-ring (bicyclic) bond motifs is 1. The molecular weight excluding hydrogens is 268 g/mol. The van der Waals surface area contributed by atoms with Crippen LogP contribution in [0.3, 0.4) is 0 Å². The number of nitrogens with one attached hydrogen (secondary N) is 1. The molecular formula is C15H22N4O2. The van der Waals surface area contributed by atoms with Crippen LogP contribution in [0.15, 0.2) is 12.3 Å². The van der Waals surface area contributed by atoms with Crippen LogP contribution >= 0.6 is 0 Å². The molecule has 1 aromatic heterocycles. The minimum absolute atomic E-state index is 0.0181. The summed E-state index contributed by atoms with van der Waals surface area (Å²) in [6.07, 6.45) is 3.54. The normalized spacial score (nSPS) is 25.1. The lowest BCUT2D eigenvalue weighted by Gasteiger charge is -2.36.